The van der Waals surface area contributed by atoms with Crippen molar-refractivity contribution in [3.8, 4) is 11.5 Å². The highest BCUT2D eigenvalue weighted by molar-refractivity contribution is 8.04. The third-order valence-electron chi connectivity index (χ3n) is 6.76. The molecule has 5 rings (SSSR count). The van der Waals surface area contributed by atoms with Crippen LogP contribution in [-0.4, -0.2) is 32.6 Å². The Morgan fingerprint density at radius 1 is 0.927 bits per heavy atom. The molecule has 0 fully saturated rings. The predicted octanol–water partition coefficient (Wildman–Crippen LogP) is 6.50. The lowest BCUT2D eigenvalue weighted by Crippen LogP contribution is -2.34. The van der Waals surface area contributed by atoms with Crippen LogP contribution in [0.15, 0.2) is 101 Å². The molecule has 0 radical (unpaired) electrons. The fraction of sp³-hybridized carbons (Fsp3) is 0.152. The molecule has 0 bridgehead atoms. The van der Waals surface area contributed by atoms with Crippen LogP contribution in [0.25, 0.3) is 6.08 Å². The highest BCUT2D eigenvalue weighted by atomic mass is 32.2. The second-order valence-electron chi connectivity index (χ2n) is 9.37. The van der Waals surface area contributed by atoms with Gasteiger partial charge in [0, 0.05) is 28.6 Å². The number of para-hydroxylation sites is 1. The van der Waals surface area contributed by atoms with E-state index in [1.54, 1.807) is 55.5 Å². The first kappa shape index (κ1) is 28.0. The van der Waals surface area contributed by atoms with Crippen molar-refractivity contribution in [2.45, 2.75) is 17.9 Å². The van der Waals surface area contributed by atoms with Crippen molar-refractivity contribution in [3.05, 3.63) is 124 Å². The van der Waals surface area contributed by atoms with Gasteiger partial charge in [-0.15, -0.1) is 0 Å². The van der Waals surface area contributed by atoms with Crippen LogP contribution in [-0.2, 0) is 17.8 Å². The maximum absolute atomic E-state index is 14.4. The summed E-state index contributed by atoms with van der Waals surface area (Å²) in [6.45, 7) is 0.567. The lowest BCUT2D eigenvalue weighted by atomic mass is 10.1. The van der Waals surface area contributed by atoms with Gasteiger partial charge in [-0.2, -0.15) is 0 Å². The summed E-state index contributed by atoms with van der Waals surface area (Å²) < 4.78 is 25.1. The van der Waals surface area contributed by atoms with E-state index in [0.29, 0.717) is 40.5 Å². The quantitative estimate of drug-likeness (QED) is 0.234. The smallest absolute Gasteiger partial charge is 0.265 e. The molecule has 0 atom stereocenters. The zero-order valence-electron chi connectivity index (χ0n) is 22.7. The van der Waals surface area contributed by atoms with Crippen LogP contribution >= 0.6 is 11.8 Å². The molecule has 0 aromatic heterocycles. The Morgan fingerprint density at radius 3 is 2.44 bits per heavy atom. The van der Waals surface area contributed by atoms with Gasteiger partial charge in [-0.05, 0) is 60.0 Å². The van der Waals surface area contributed by atoms with E-state index in [9.17, 15) is 14.0 Å². The number of nitrogens with zero attached hydrogens (tertiary/aromatic N) is 1. The number of halogens is 1. The molecule has 1 aliphatic rings. The summed E-state index contributed by atoms with van der Waals surface area (Å²) in [5.41, 5.74) is 3.47. The number of amides is 2. The molecular formula is C33H29FN2O4S. The Kier molecular flexibility index (Phi) is 8.70. The van der Waals surface area contributed by atoms with Crippen molar-refractivity contribution in [2.75, 3.05) is 25.7 Å². The first-order valence-corrected chi connectivity index (χ1v) is 13.9. The van der Waals surface area contributed by atoms with Gasteiger partial charge in [-0.1, -0.05) is 60.3 Å². The number of carbonyl (C=O) groups excluding carboxylic acids is 2. The monoisotopic (exact) mass is 568 g/mol. The van der Waals surface area contributed by atoms with Crippen LogP contribution < -0.4 is 19.7 Å². The van der Waals surface area contributed by atoms with Crippen molar-refractivity contribution in [1.82, 2.24) is 5.32 Å². The fourth-order valence-electron chi connectivity index (χ4n) is 4.57. The first-order valence-electron chi connectivity index (χ1n) is 13.1. The fourth-order valence-corrected chi connectivity index (χ4v) is 5.63. The maximum Gasteiger partial charge on any atom is 0.265 e. The number of methoxy groups -OCH3 is 2. The van der Waals surface area contributed by atoms with E-state index >= 15 is 0 Å². The predicted molar refractivity (Wildman–Crippen MR) is 160 cm³/mol. The molecule has 41 heavy (non-hydrogen) atoms. The van der Waals surface area contributed by atoms with Crippen molar-refractivity contribution < 1.29 is 23.5 Å². The Morgan fingerprint density at radius 2 is 1.68 bits per heavy atom. The van der Waals surface area contributed by atoms with Crippen LogP contribution in [0.5, 0.6) is 11.5 Å². The second-order valence-corrected chi connectivity index (χ2v) is 10.5. The van der Waals surface area contributed by atoms with Crippen LogP contribution in [0.4, 0.5) is 10.1 Å². The van der Waals surface area contributed by atoms with E-state index in [1.165, 1.54) is 17.8 Å². The van der Waals surface area contributed by atoms with E-state index in [-0.39, 0.29) is 24.2 Å². The maximum atomic E-state index is 14.4. The lowest BCUT2D eigenvalue weighted by Gasteiger charge is -2.30. The number of thioether (sulfide) groups is 1. The van der Waals surface area contributed by atoms with Gasteiger partial charge < -0.3 is 19.7 Å². The van der Waals surface area contributed by atoms with E-state index in [1.807, 2.05) is 54.6 Å². The first-order chi connectivity index (χ1) is 20.0. The Bertz CT molecular complexity index is 1600. The molecule has 0 spiro atoms. The lowest BCUT2D eigenvalue weighted by molar-refractivity contribution is -0.114. The summed E-state index contributed by atoms with van der Waals surface area (Å²) in [5.74, 6) is 0.678. The average molecular weight is 569 g/mol. The molecule has 2 amide bonds. The summed E-state index contributed by atoms with van der Waals surface area (Å²) >= 11 is 1.38. The SMILES string of the molecule is COc1ccc(CCNC(=O)c2ccc(/C=C3/Sc4ccccc4N(Cc4ccccc4F)C3=O)cc2)c(OC)c1. The minimum atomic E-state index is -0.349. The standard InChI is InChI=1S/C33H29FN2O4S/c1-39-26-16-15-23(29(20-26)40-2)17-18-35-32(37)24-13-11-22(12-14-24)19-31-33(38)36(21-25-7-3-4-8-27(25)34)28-9-5-6-10-30(28)41-31/h3-16,19-20H,17-18,21H2,1-2H3,(H,35,37)/b31-19+. The van der Waals surface area contributed by atoms with Gasteiger partial charge in [0.25, 0.3) is 11.8 Å². The zero-order valence-corrected chi connectivity index (χ0v) is 23.5. The summed E-state index contributed by atoms with van der Waals surface area (Å²) in [6, 6.07) is 26.8. The summed E-state index contributed by atoms with van der Waals surface area (Å²) in [5, 5.41) is 2.94. The van der Waals surface area contributed by atoms with Gasteiger partial charge in [0.05, 0.1) is 31.4 Å². The summed E-state index contributed by atoms with van der Waals surface area (Å²) in [7, 11) is 3.21. The molecule has 1 N–H and O–H groups in total. The van der Waals surface area contributed by atoms with Gasteiger partial charge in [0.2, 0.25) is 0 Å². The number of carbonyl (C=O) groups is 2. The van der Waals surface area contributed by atoms with E-state index < -0.39 is 0 Å². The Labute approximate surface area is 242 Å². The van der Waals surface area contributed by atoms with Gasteiger partial charge in [0.15, 0.2) is 0 Å². The van der Waals surface area contributed by atoms with Crippen LogP contribution in [0.3, 0.4) is 0 Å². The zero-order chi connectivity index (χ0) is 28.8. The highest BCUT2D eigenvalue weighted by Crippen LogP contribution is 2.42. The number of rotatable bonds is 9. The molecule has 4 aromatic rings. The third kappa shape index (κ3) is 6.44. The molecule has 8 heteroatoms. The molecule has 6 nitrogen and oxygen atoms in total. The van der Waals surface area contributed by atoms with Gasteiger partial charge >= 0.3 is 0 Å². The number of hydrogen-bond donors (Lipinski definition) is 1. The van der Waals surface area contributed by atoms with Crippen molar-refractivity contribution in [1.29, 1.82) is 0 Å². The summed E-state index contributed by atoms with van der Waals surface area (Å²) in [6.07, 6.45) is 2.40. The third-order valence-corrected chi connectivity index (χ3v) is 7.84. The van der Waals surface area contributed by atoms with Crippen LogP contribution in [0.2, 0.25) is 0 Å². The van der Waals surface area contributed by atoms with Crippen molar-refractivity contribution in [2.24, 2.45) is 0 Å². The molecule has 1 aliphatic heterocycles. The molecule has 208 valence electrons. The number of fused-ring (bicyclic) bond motifs is 1. The minimum Gasteiger partial charge on any atom is -0.497 e. The molecule has 0 saturated carbocycles. The number of anilines is 1. The molecule has 0 aliphatic carbocycles. The largest absolute Gasteiger partial charge is 0.497 e. The van der Waals surface area contributed by atoms with Crippen molar-refractivity contribution >= 4 is 35.3 Å². The second kappa shape index (κ2) is 12.7. The molecule has 4 aromatic carbocycles. The number of ether oxygens (including phenoxy) is 2. The van der Waals surface area contributed by atoms with Gasteiger partial charge in [-0.3, -0.25) is 9.59 Å². The van der Waals surface area contributed by atoms with Crippen molar-refractivity contribution in [3.63, 3.8) is 0 Å². The molecule has 1 heterocycles. The minimum absolute atomic E-state index is 0.127. The van der Waals surface area contributed by atoms with Gasteiger partial charge in [0.1, 0.15) is 17.3 Å². The molecule has 0 saturated heterocycles. The molecular weight excluding hydrogens is 539 g/mol. The average Bonchev–Trinajstić information content (AvgIpc) is 3.00. The number of nitrogens with one attached hydrogen (secondary N) is 1. The highest BCUT2D eigenvalue weighted by Gasteiger charge is 2.29. The van der Waals surface area contributed by atoms with E-state index in [2.05, 4.69) is 5.32 Å². The van der Waals surface area contributed by atoms with Gasteiger partial charge in [-0.25, -0.2) is 4.39 Å². The number of hydrogen-bond acceptors (Lipinski definition) is 5. The topological polar surface area (TPSA) is 67.9 Å². The van der Waals surface area contributed by atoms with E-state index in [0.717, 1.165) is 21.7 Å². The Balaban J connectivity index is 1.27. The summed E-state index contributed by atoms with van der Waals surface area (Å²) in [4.78, 5) is 29.3. The normalized spacial score (nSPS) is 13.6. The molecule has 0 unspecified atom stereocenters. The van der Waals surface area contributed by atoms with Crippen LogP contribution in [0.1, 0.15) is 27.0 Å². The van der Waals surface area contributed by atoms with Crippen LogP contribution in [0, 0.1) is 5.82 Å². The van der Waals surface area contributed by atoms with E-state index in [4.69, 9.17) is 9.47 Å². The number of benzene rings is 4. The Hall–Kier alpha value is -4.56.